The summed E-state index contributed by atoms with van der Waals surface area (Å²) in [5.74, 6) is 0. The van der Waals surface area contributed by atoms with Gasteiger partial charge in [-0.3, -0.25) is 0 Å². The van der Waals surface area contributed by atoms with Crippen LogP contribution in [0.4, 0.5) is 0 Å². The summed E-state index contributed by atoms with van der Waals surface area (Å²) in [5.41, 5.74) is 3.42. The molecule has 1 aliphatic carbocycles. The lowest BCUT2D eigenvalue weighted by atomic mass is 9.88. The Morgan fingerprint density at radius 1 is 0.562 bits per heavy atom. The van der Waals surface area contributed by atoms with Gasteiger partial charge in [0.1, 0.15) is 0 Å². The van der Waals surface area contributed by atoms with E-state index >= 15 is 0 Å². The van der Waals surface area contributed by atoms with Crippen LogP contribution in [-0.2, 0) is 4.74 Å². The predicted molar refractivity (Wildman–Crippen MR) is 68.6 cm³/mol. The molecule has 0 saturated carbocycles. The van der Waals surface area contributed by atoms with Gasteiger partial charge in [0.2, 0.25) is 0 Å². The molecule has 2 aliphatic rings. The van der Waals surface area contributed by atoms with E-state index in [4.69, 9.17) is 4.74 Å². The van der Waals surface area contributed by atoms with Gasteiger partial charge in [-0.1, -0.05) is 31.3 Å². The Balaban J connectivity index is 1.91. The van der Waals surface area contributed by atoms with E-state index in [0.717, 1.165) is 13.2 Å². The topological polar surface area (TPSA) is 9.23 Å². The zero-order valence-corrected chi connectivity index (χ0v) is 10.6. The minimum Gasteiger partial charge on any atom is -0.377 e. The molecular weight excluding hydrogens is 196 g/mol. The van der Waals surface area contributed by atoms with Crippen LogP contribution in [0.1, 0.15) is 70.6 Å². The molecule has 0 N–H and O–H groups in total. The Hall–Kier alpha value is -0.300. The average molecular weight is 222 g/mol. The second kappa shape index (κ2) is 7.11. The van der Waals surface area contributed by atoms with Crippen LogP contribution in [-0.4, -0.2) is 13.2 Å². The molecule has 16 heavy (non-hydrogen) atoms. The standard InChI is InChI=1S/C15H26O/c1-2-4-8-12-16-13-15-11-7-6-10-14(15)9-5-3-1/h1-13H2. The third kappa shape index (κ3) is 3.93. The normalized spacial score (nSPS) is 25.5. The molecule has 0 bridgehead atoms. The van der Waals surface area contributed by atoms with Crippen molar-refractivity contribution in [2.24, 2.45) is 0 Å². The first-order valence-electron chi connectivity index (χ1n) is 7.24. The molecule has 1 nitrogen and oxygen atoms in total. The molecule has 1 heteroatoms. The van der Waals surface area contributed by atoms with Crippen LogP contribution in [0.15, 0.2) is 11.1 Å². The van der Waals surface area contributed by atoms with E-state index in [1.807, 2.05) is 0 Å². The van der Waals surface area contributed by atoms with E-state index < -0.39 is 0 Å². The molecule has 0 aromatic rings. The van der Waals surface area contributed by atoms with Crippen molar-refractivity contribution in [1.29, 1.82) is 0 Å². The summed E-state index contributed by atoms with van der Waals surface area (Å²) in [6.45, 7) is 1.92. The van der Waals surface area contributed by atoms with E-state index in [1.165, 1.54) is 70.6 Å². The monoisotopic (exact) mass is 222 g/mol. The highest BCUT2D eigenvalue weighted by atomic mass is 16.5. The highest BCUT2D eigenvalue weighted by Crippen LogP contribution is 2.29. The number of rotatable bonds is 0. The maximum Gasteiger partial charge on any atom is 0.0679 e. The average Bonchev–Trinajstić information content (AvgIpc) is 2.30. The van der Waals surface area contributed by atoms with Crippen molar-refractivity contribution in [1.82, 2.24) is 0 Å². The lowest BCUT2D eigenvalue weighted by Crippen LogP contribution is -2.08. The molecule has 0 radical (unpaired) electrons. The van der Waals surface area contributed by atoms with Gasteiger partial charge in [-0.15, -0.1) is 0 Å². The smallest absolute Gasteiger partial charge is 0.0679 e. The lowest BCUT2D eigenvalue weighted by Gasteiger charge is -2.21. The van der Waals surface area contributed by atoms with E-state index in [0.29, 0.717) is 0 Å². The van der Waals surface area contributed by atoms with Gasteiger partial charge in [0.05, 0.1) is 6.61 Å². The number of hydrogen-bond donors (Lipinski definition) is 0. The Morgan fingerprint density at radius 3 is 1.94 bits per heavy atom. The number of hydrogen-bond acceptors (Lipinski definition) is 1. The first-order valence-corrected chi connectivity index (χ1v) is 7.24. The molecule has 0 aromatic heterocycles. The fourth-order valence-corrected chi connectivity index (χ4v) is 2.95. The van der Waals surface area contributed by atoms with Crippen molar-refractivity contribution in [2.45, 2.75) is 70.6 Å². The van der Waals surface area contributed by atoms with Crippen molar-refractivity contribution >= 4 is 0 Å². The number of allylic oxidation sites excluding steroid dienone is 1. The van der Waals surface area contributed by atoms with Gasteiger partial charge < -0.3 is 4.74 Å². The third-order valence-corrected chi connectivity index (χ3v) is 4.00. The summed E-state index contributed by atoms with van der Waals surface area (Å²) in [6, 6.07) is 0. The van der Waals surface area contributed by atoms with Crippen molar-refractivity contribution in [3.63, 3.8) is 0 Å². The van der Waals surface area contributed by atoms with Crippen LogP contribution >= 0.6 is 0 Å². The lowest BCUT2D eigenvalue weighted by molar-refractivity contribution is 0.146. The van der Waals surface area contributed by atoms with Crippen LogP contribution in [0.25, 0.3) is 0 Å². The van der Waals surface area contributed by atoms with Crippen LogP contribution in [0.2, 0.25) is 0 Å². The second-order valence-electron chi connectivity index (χ2n) is 5.34. The van der Waals surface area contributed by atoms with Gasteiger partial charge in [0.15, 0.2) is 0 Å². The predicted octanol–water partition coefficient (Wildman–Crippen LogP) is 4.62. The van der Waals surface area contributed by atoms with E-state index in [9.17, 15) is 0 Å². The summed E-state index contributed by atoms with van der Waals surface area (Å²) >= 11 is 0. The van der Waals surface area contributed by atoms with E-state index in [-0.39, 0.29) is 0 Å². The molecule has 0 amide bonds. The van der Waals surface area contributed by atoms with Gasteiger partial charge in [-0.25, -0.2) is 0 Å². The molecule has 0 unspecified atom stereocenters. The Kier molecular flexibility index (Phi) is 5.41. The van der Waals surface area contributed by atoms with Crippen LogP contribution < -0.4 is 0 Å². The fourth-order valence-electron chi connectivity index (χ4n) is 2.95. The molecule has 0 fully saturated rings. The SMILES string of the molecule is C1CCCCC2=C(CCCC2)COCCC1. The van der Waals surface area contributed by atoms with E-state index in [1.54, 1.807) is 11.1 Å². The van der Waals surface area contributed by atoms with Gasteiger partial charge in [0.25, 0.3) is 0 Å². The first kappa shape index (κ1) is 12.2. The van der Waals surface area contributed by atoms with Crippen LogP contribution in [0.5, 0.6) is 0 Å². The second-order valence-corrected chi connectivity index (χ2v) is 5.34. The van der Waals surface area contributed by atoms with E-state index in [2.05, 4.69) is 0 Å². The molecule has 92 valence electrons. The summed E-state index contributed by atoms with van der Waals surface area (Å²) in [4.78, 5) is 0. The minimum absolute atomic E-state index is 0.940. The first-order chi connectivity index (χ1) is 7.97. The number of ether oxygens (including phenoxy) is 1. The zero-order chi connectivity index (χ0) is 11.1. The molecule has 1 aliphatic heterocycles. The Labute approximate surface area is 100 Å². The minimum atomic E-state index is 0.940. The van der Waals surface area contributed by atoms with Gasteiger partial charge in [-0.05, 0) is 50.5 Å². The summed E-state index contributed by atoms with van der Waals surface area (Å²) < 4.78 is 5.82. The Morgan fingerprint density at radius 2 is 1.12 bits per heavy atom. The molecule has 0 aromatic carbocycles. The molecule has 2 rings (SSSR count). The summed E-state index contributed by atoms with van der Waals surface area (Å²) in [6.07, 6.45) is 15.2. The summed E-state index contributed by atoms with van der Waals surface area (Å²) in [7, 11) is 0. The molecule has 0 saturated heterocycles. The molecule has 0 atom stereocenters. The molecule has 0 spiro atoms. The zero-order valence-electron chi connectivity index (χ0n) is 10.6. The maximum atomic E-state index is 5.82. The van der Waals surface area contributed by atoms with Crippen molar-refractivity contribution in [2.75, 3.05) is 13.2 Å². The van der Waals surface area contributed by atoms with Crippen molar-refractivity contribution < 1.29 is 4.74 Å². The highest BCUT2D eigenvalue weighted by Gasteiger charge is 2.12. The molecule has 1 heterocycles. The van der Waals surface area contributed by atoms with Crippen LogP contribution in [0, 0.1) is 0 Å². The van der Waals surface area contributed by atoms with Gasteiger partial charge in [0, 0.05) is 6.61 Å². The van der Waals surface area contributed by atoms with Crippen molar-refractivity contribution in [3.05, 3.63) is 11.1 Å². The summed E-state index contributed by atoms with van der Waals surface area (Å²) in [5, 5.41) is 0. The fraction of sp³-hybridized carbons (Fsp3) is 0.867. The van der Waals surface area contributed by atoms with Crippen molar-refractivity contribution in [3.8, 4) is 0 Å². The van der Waals surface area contributed by atoms with Gasteiger partial charge in [-0.2, -0.15) is 0 Å². The van der Waals surface area contributed by atoms with Gasteiger partial charge >= 0.3 is 0 Å². The van der Waals surface area contributed by atoms with Crippen LogP contribution in [0.3, 0.4) is 0 Å². The highest BCUT2D eigenvalue weighted by molar-refractivity contribution is 5.17. The largest absolute Gasteiger partial charge is 0.377 e. The third-order valence-electron chi connectivity index (χ3n) is 4.00. The Bertz CT molecular complexity index is 206. The molecular formula is C15H26O. The maximum absolute atomic E-state index is 5.82. The quantitative estimate of drug-likeness (QED) is 0.543.